The maximum absolute atomic E-state index is 12.8. The molecule has 1 N–H and O–H groups in total. The summed E-state index contributed by atoms with van der Waals surface area (Å²) in [7, 11) is -1.86. The first-order valence-electron chi connectivity index (χ1n) is 8.60. The standard InChI is InChI=1S/C17H25N3O4S.ClH/c1-24-16-6-2-4-14(10-16)13-25(22,23)19-8-3-5-15(12-19)20-9-7-18-11-17(20)21;/h2,4,6,10,15,18H,3,5,7-9,11-13H2,1H3;1H. The molecule has 146 valence electrons. The highest BCUT2D eigenvalue weighted by molar-refractivity contribution is 7.88. The van der Waals surface area contributed by atoms with Crippen LogP contribution in [-0.4, -0.2) is 69.4 Å². The van der Waals surface area contributed by atoms with Gasteiger partial charge < -0.3 is 15.0 Å². The molecular weight excluding hydrogens is 378 g/mol. The van der Waals surface area contributed by atoms with Crippen molar-refractivity contribution in [2.75, 3.05) is 39.8 Å². The van der Waals surface area contributed by atoms with Crippen LogP contribution in [0.25, 0.3) is 0 Å². The summed E-state index contributed by atoms with van der Waals surface area (Å²) in [6.45, 7) is 2.65. The molecule has 0 saturated carbocycles. The fourth-order valence-corrected chi connectivity index (χ4v) is 5.09. The SMILES string of the molecule is COc1cccc(CS(=O)(=O)N2CCCC(N3CCNCC3=O)C2)c1.Cl. The van der Waals surface area contributed by atoms with Crippen LogP contribution in [0.1, 0.15) is 18.4 Å². The molecule has 2 heterocycles. The van der Waals surface area contributed by atoms with Crippen molar-refractivity contribution in [2.45, 2.75) is 24.6 Å². The van der Waals surface area contributed by atoms with Crippen molar-refractivity contribution < 1.29 is 17.9 Å². The Hall–Kier alpha value is -1.35. The van der Waals surface area contributed by atoms with Gasteiger partial charge in [0.05, 0.1) is 19.4 Å². The molecule has 7 nitrogen and oxygen atoms in total. The lowest BCUT2D eigenvalue weighted by molar-refractivity contribution is -0.135. The lowest BCUT2D eigenvalue weighted by Gasteiger charge is -2.40. The number of sulfonamides is 1. The largest absolute Gasteiger partial charge is 0.497 e. The van der Waals surface area contributed by atoms with Crippen molar-refractivity contribution in [1.82, 2.24) is 14.5 Å². The van der Waals surface area contributed by atoms with Gasteiger partial charge >= 0.3 is 0 Å². The van der Waals surface area contributed by atoms with E-state index in [2.05, 4.69) is 5.32 Å². The Balaban J connectivity index is 0.00000243. The molecule has 3 rings (SSSR count). The summed E-state index contributed by atoms with van der Waals surface area (Å²) in [6, 6.07) is 7.11. The molecule has 1 unspecified atom stereocenters. The van der Waals surface area contributed by atoms with Gasteiger partial charge in [-0.3, -0.25) is 4.79 Å². The van der Waals surface area contributed by atoms with Gasteiger partial charge in [-0.25, -0.2) is 8.42 Å². The van der Waals surface area contributed by atoms with Gasteiger partial charge in [0.1, 0.15) is 5.75 Å². The first kappa shape index (κ1) is 21.0. The quantitative estimate of drug-likeness (QED) is 0.788. The lowest BCUT2D eigenvalue weighted by atomic mass is 10.1. The van der Waals surface area contributed by atoms with Crippen LogP contribution >= 0.6 is 12.4 Å². The van der Waals surface area contributed by atoms with Gasteiger partial charge in [0, 0.05) is 32.2 Å². The summed E-state index contributed by atoms with van der Waals surface area (Å²) in [5.74, 6) is 0.658. The zero-order chi connectivity index (χ0) is 17.9. The molecule has 1 atom stereocenters. The van der Waals surface area contributed by atoms with Crippen molar-refractivity contribution in [3.05, 3.63) is 29.8 Å². The highest BCUT2D eigenvalue weighted by atomic mass is 35.5. The molecule has 1 aromatic carbocycles. The zero-order valence-electron chi connectivity index (χ0n) is 14.9. The molecule has 0 radical (unpaired) electrons. The number of rotatable bonds is 5. The number of hydrogen-bond donors (Lipinski definition) is 1. The van der Waals surface area contributed by atoms with E-state index in [0.717, 1.165) is 19.4 Å². The van der Waals surface area contributed by atoms with E-state index in [1.807, 2.05) is 4.90 Å². The van der Waals surface area contributed by atoms with E-state index in [-0.39, 0.29) is 30.1 Å². The van der Waals surface area contributed by atoms with E-state index in [4.69, 9.17) is 4.74 Å². The number of hydrogen-bond acceptors (Lipinski definition) is 5. The summed E-state index contributed by atoms with van der Waals surface area (Å²) < 4.78 is 32.4. The molecule has 26 heavy (non-hydrogen) atoms. The molecule has 2 aliphatic rings. The number of nitrogens with one attached hydrogen (secondary N) is 1. The molecule has 2 fully saturated rings. The topological polar surface area (TPSA) is 79.0 Å². The minimum absolute atomic E-state index is 0. The van der Waals surface area contributed by atoms with Crippen LogP contribution in [0.3, 0.4) is 0 Å². The summed E-state index contributed by atoms with van der Waals surface area (Å²) in [6.07, 6.45) is 1.64. The predicted molar refractivity (Wildman–Crippen MR) is 102 cm³/mol. The van der Waals surface area contributed by atoms with Crippen molar-refractivity contribution in [1.29, 1.82) is 0 Å². The number of carbonyl (C=O) groups excluding carboxylic acids is 1. The fraction of sp³-hybridized carbons (Fsp3) is 0.588. The zero-order valence-corrected chi connectivity index (χ0v) is 16.5. The number of amides is 1. The Morgan fingerprint density at radius 3 is 2.85 bits per heavy atom. The van der Waals surface area contributed by atoms with Gasteiger partial charge in [-0.2, -0.15) is 4.31 Å². The second-order valence-electron chi connectivity index (χ2n) is 6.53. The van der Waals surface area contributed by atoms with Crippen LogP contribution in [0.5, 0.6) is 5.75 Å². The number of piperazine rings is 1. The van der Waals surface area contributed by atoms with Gasteiger partial charge in [0.15, 0.2) is 0 Å². The Morgan fingerprint density at radius 2 is 2.12 bits per heavy atom. The van der Waals surface area contributed by atoms with Gasteiger partial charge in [-0.1, -0.05) is 12.1 Å². The highest BCUT2D eigenvalue weighted by Crippen LogP contribution is 2.22. The molecule has 9 heteroatoms. The van der Waals surface area contributed by atoms with Crippen LogP contribution in [0, 0.1) is 0 Å². The van der Waals surface area contributed by atoms with Crippen molar-refractivity contribution >= 4 is 28.3 Å². The molecule has 0 aromatic heterocycles. The second kappa shape index (κ2) is 9.03. The molecule has 0 aliphatic carbocycles. The van der Waals surface area contributed by atoms with Crippen LogP contribution in [-0.2, 0) is 20.6 Å². The number of benzene rings is 1. The number of piperidine rings is 1. The molecule has 2 saturated heterocycles. The van der Waals surface area contributed by atoms with Crippen LogP contribution in [0.2, 0.25) is 0 Å². The van der Waals surface area contributed by atoms with Crippen molar-refractivity contribution in [3.63, 3.8) is 0 Å². The third-order valence-electron chi connectivity index (χ3n) is 4.80. The highest BCUT2D eigenvalue weighted by Gasteiger charge is 2.34. The van der Waals surface area contributed by atoms with Crippen molar-refractivity contribution in [2.24, 2.45) is 0 Å². The number of carbonyl (C=O) groups is 1. The fourth-order valence-electron chi connectivity index (χ4n) is 3.50. The van der Waals surface area contributed by atoms with E-state index in [1.165, 1.54) is 4.31 Å². The van der Waals surface area contributed by atoms with E-state index >= 15 is 0 Å². The van der Waals surface area contributed by atoms with E-state index in [1.54, 1.807) is 31.4 Å². The third kappa shape index (κ3) is 4.88. The van der Waals surface area contributed by atoms with Crippen molar-refractivity contribution in [3.8, 4) is 5.75 Å². The molecule has 1 aromatic rings. The summed E-state index contributed by atoms with van der Waals surface area (Å²) in [5, 5.41) is 3.05. The van der Waals surface area contributed by atoms with Crippen LogP contribution in [0.4, 0.5) is 0 Å². The molecule has 1 amide bonds. The van der Waals surface area contributed by atoms with Gasteiger partial charge in [-0.05, 0) is 30.5 Å². The first-order chi connectivity index (χ1) is 12.0. The Kier molecular flexibility index (Phi) is 7.28. The van der Waals surface area contributed by atoms with Gasteiger partial charge in [0.25, 0.3) is 0 Å². The molecule has 2 aliphatic heterocycles. The smallest absolute Gasteiger partial charge is 0.236 e. The molecular formula is C17H26ClN3O4S. The Labute approximate surface area is 161 Å². The van der Waals surface area contributed by atoms with Gasteiger partial charge in [0.2, 0.25) is 15.9 Å². The maximum Gasteiger partial charge on any atom is 0.236 e. The molecule has 0 spiro atoms. The summed E-state index contributed by atoms with van der Waals surface area (Å²) in [4.78, 5) is 13.9. The third-order valence-corrected chi connectivity index (χ3v) is 6.62. The van der Waals surface area contributed by atoms with Crippen LogP contribution in [0.15, 0.2) is 24.3 Å². The minimum atomic E-state index is -3.43. The Bertz CT molecular complexity index is 728. The Morgan fingerprint density at radius 1 is 1.31 bits per heavy atom. The van der Waals surface area contributed by atoms with E-state index < -0.39 is 10.0 Å². The second-order valence-corrected chi connectivity index (χ2v) is 8.49. The number of nitrogens with zero attached hydrogens (tertiary/aromatic N) is 2. The van der Waals surface area contributed by atoms with Crippen LogP contribution < -0.4 is 10.1 Å². The summed E-state index contributed by atoms with van der Waals surface area (Å²) >= 11 is 0. The van der Waals surface area contributed by atoms with E-state index in [9.17, 15) is 13.2 Å². The number of ether oxygens (including phenoxy) is 1. The minimum Gasteiger partial charge on any atom is -0.497 e. The monoisotopic (exact) mass is 403 g/mol. The van der Waals surface area contributed by atoms with E-state index in [0.29, 0.717) is 37.5 Å². The first-order valence-corrected chi connectivity index (χ1v) is 10.2. The number of methoxy groups -OCH3 is 1. The molecule has 0 bridgehead atoms. The lowest BCUT2D eigenvalue weighted by Crippen LogP contribution is -2.57. The predicted octanol–water partition coefficient (Wildman–Crippen LogP) is 0.843. The number of halogens is 1. The average molecular weight is 404 g/mol. The van der Waals surface area contributed by atoms with Gasteiger partial charge in [-0.15, -0.1) is 12.4 Å². The maximum atomic E-state index is 12.8. The normalized spacial score (nSPS) is 22.0. The summed E-state index contributed by atoms with van der Waals surface area (Å²) in [5.41, 5.74) is 0.708. The average Bonchev–Trinajstić information content (AvgIpc) is 2.62.